The molecule has 2 nitrogen and oxygen atoms in total. The maximum Gasteiger partial charge on any atom is 0.573 e. The van der Waals surface area contributed by atoms with Crippen molar-refractivity contribution in [2.24, 2.45) is 0 Å². The van der Waals surface area contributed by atoms with Gasteiger partial charge >= 0.3 is 12.5 Å². The molecule has 1 rings (SSSR count). The zero-order valence-electron chi connectivity index (χ0n) is 9.52. The Morgan fingerprint density at radius 1 is 1.16 bits per heavy atom. The summed E-state index contributed by atoms with van der Waals surface area (Å²) in [5.74, 6) is -1.75. The van der Waals surface area contributed by atoms with Crippen LogP contribution in [0, 0.1) is 0 Å². The van der Waals surface area contributed by atoms with E-state index in [1.807, 2.05) is 0 Å². The van der Waals surface area contributed by atoms with Crippen LogP contribution in [0.2, 0.25) is 0 Å². The van der Waals surface area contributed by atoms with Crippen molar-refractivity contribution < 1.29 is 35.9 Å². The first-order valence-electron chi connectivity index (χ1n) is 4.94. The Morgan fingerprint density at radius 3 is 2.16 bits per heavy atom. The predicted molar refractivity (Wildman–Crippen MR) is 52.5 cm³/mol. The van der Waals surface area contributed by atoms with Crippen molar-refractivity contribution in [1.29, 1.82) is 0 Å². The van der Waals surface area contributed by atoms with E-state index in [9.17, 15) is 31.1 Å². The Morgan fingerprint density at radius 2 is 1.74 bits per heavy atom. The van der Waals surface area contributed by atoms with E-state index < -0.39 is 29.6 Å². The maximum absolute atomic E-state index is 12.6. The van der Waals surface area contributed by atoms with E-state index in [-0.39, 0.29) is 12.0 Å². The van der Waals surface area contributed by atoms with Gasteiger partial charge in [0.1, 0.15) is 11.5 Å². The molecule has 19 heavy (non-hydrogen) atoms. The van der Waals surface area contributed by atoms with Gasteiger partial charge in [0.25, 0.3) is 0 Å². The Balaban J connectivity index is 3.21. The normalized spacial score (nSPS) is 12.4. The van der Waals surface area contributed by atoms with E-state index in [1.165, 1.54) is 0 Å². The molecule has 0 radical (unpaired) electrons. The number of carbonyl (C=O) groups excluding carboxylic acids is 1. The molecule has 0 N–H and O–H groups in total. The summed E-state index contributed by atoms with van der Waals surface area (Å²) in [5.41, 5.74) is -1.60. The van der Waals surface area contributed by atoms with Crippen molar-refractivity contribution >= 4 is 5.78 Å². The van der Waals surface area contributed by atoms with Gasteiger partial charge in [-0.05, 0) is 24.6 Å². The van der Waals surface area contributed by atoms with Crippen molar-refractivity contribution in [1.82, 2.24) is 0 Å². The third kappa shape index (κ3) is 4.80. The smallest absolute Gasteiger partial charge is 0.405 e. The lowest BCUT2D eigenvalue weighted by Gasteiger charge is -2.16. The van der Waals surface area contributed by atoms with Gasteiger partial charge in [-0.25, -0.2) is 0 Å². The minimum absolute atomic E-state index is 0.0330. The lowest BCUT2D eigenvalue weighted by molar-refractivity contribution is -0.276. The number of ether oxygens (including phenoxy) is 1. The highest BCUT2D eigenvalue weighted by Gasteiger charge is 2.39. The lowest BCUT2D eigenvalue weighted by Crippen LogP contribution is -2.20. The molecule has 0 aliphatic heterocycles. The summed E-state index contributed by atoms with van der Waals surface area (Å²) >= 11 is 0. The highest BCUT2D eigenvalue weighted by Crippen LogP contribution is 2.38. The summed E-state index contributed by atoms with van der Waals surface area (Å²) in [6.07, 6.45) is -10.5. The molecule has 0 fully saturated rings. The fourth-order valence-electron chi connectivity index (χ4n) is 1.41. The van der Waals surface area contributed by atoms with Crippen molar-refractivity contribution in [3.63, 3.8) is 0 Å². The van der Waals surface area contributed by atoms with Gasteiger partial charge in [-0.15, -0.1) is 13.2 Å². The van der Waals surface area contributed by atoms with Crippen molar-refractivity contribution in [3.8, 4) is 5.75 Å². The number of halogens is 6. The fourth-order valence-corrected chi connectivity index (χ4v) is 1.41. The van der Waals surface area contributed by atoms with E-state index in [2.05, 4.69) is 4.74 Å². The monoisotopic (exact) mass is 286 g/mol. The number of rotatable bonds is 3. The predicted octanol–water partition coefficient (Wildman–Crippen LogP) is 3.74. The summed E-state index contributed by atoms with van der Waals surface area (Å²) < 4.78 is 77.1. The Hall–Kier alpha value is -1.73. The third-order valence-corrected chi connectivity index (χ3v) is 2.03. The van der Waals surface area contributed by atoms with Crippen LogP contribution < -0.4 is 4.74 Å². The van der Waals surface area contributed by atoms with Crippen molar-refractivity contribution in [2.75, 3.05) is 0 Å². The molecule has 0 bridgehead atoms. The molecule has 1 aromatic rings. The van der Waals surface area contributed by atoms with Crippen LogP contribution in [0.1, 0.15) is 18.1 Å². The molecular formula is C11H8F6O2. The molecule has 8 heteroatoms. The number of benzene rings is 1. The molecule has 0 aromatic heterocycles. The van der Waals surface area contributed by atoms with Crippen molar-refractivity contribution in [3.05, 3.63) is 29.3 Å². The SMILES string of the molecule is CC(=O)Cc1ccc(OC(F)(F)F)c(C(F)(F)F)c1. The summed E-state index contributed by atoms with van der Waals surface area (Å²) in [5, 5.41) is 0. The molecule has 0 aliphatic rings. The van der Waals surface area contributed by atoms with E-state index in [0.717, 1.165) is 13.0 Å². The van der Waals surface area contributed by atoms with Gasteiger partial charge in [0, 0.05) is 6.42 Å². The summed E-state index contributed by atoms with van der Waals surface area (Å²) in [7, 11) is 0. The zero-order valence-corrected chi connectivity index (χ0v) is 9.52. The second-order valence-corrected chi connectivity index (χ2v) is 3.75. The molecule has 0 spiro atoms. The largest absolute Gasteiger partial charge is 0.573 e. The number of hydrogen-bond acceptors (Lipinski definition) is 2. The number of Topliss-reactive ketones (excluding diaryl/α,β-unsaturated/α-hetero) is 1. The highest BCUT2D eigenvalue weighted by molar-refractivity contribution is 5.78. The molecule has 0 aliphatic carbocycles. The van der Waals surface area contributed by atoms with E-state index in [4.69, 9.17) is 0 Å². The first kappa shape index (κ1) is 15.3. The molecule has 0 amide bonds. The quantitative estimate of drug-likeness (QED) is 0.791. The van der Waals surface area contributed by atoms with Gasteiger partial charge < -0.3 is 4.74 Å². The molecule has 0 heterocycles. The Labute approximate surface area is 104 Å². The minimum Gasteiger partial charge on any atom is -0.405 e. The van der Waals surface area contributed by atoms with E-state index >= 15 is 0 Å². The van der Waals surface area contributed by atoms with Gasteiger partial charge in [-0.3, -0.25) is 4.79 Å². The second kappa shape index (κ2) is 5.10. The number of ketones is 1. The molecule has 0 unspecified atom stereocenters. The van der Waals surface area contributed by atoms with Gasteiger partial charge in [0.2, 0.25) is 0 Å². The second-order valence-electron chi connectivity index (χ2n) is 3.75. The van der Waals surface area contributed by atoms with Gasteiger partial charge in [-0.2, -0.15) is 13.2 Å². The minimum atomic E-state index is -5.22. The number of hydrogen-bond donors (Lipinski definition) is 0. The van der Waals surface area contributed by atoms with Gasteiger partial charge in [-0.1, -0.05) is 6.07 Å². The molecule has 1 aromatic carbocycles. The number of alkyl halides is 6. The van der Waals surface area contributed by atoms with E-state index in [0.29, 0.717) is 12.1 Å². The topological polar surface area (TPSA) is 26.3 Å². The van der Waals surface area contributed by atoms with Crippen LogP contribution in [-0.2, 0) is 17.4 Å². The maximum atomic E-state index is 12.6. The Bertz CT molecular complexity index is 475. The van der Waals surface area contributed by atoms with E-state index in [1.54, 1.807) is 0 Å². The first-order valence-corrected chi connectivity index (χ1v) is 4.94. The lowest BCUT2D eigenvalue weighted by atomic mass is 10.1. The fraction of sp³-hybridized carbons (Fsp3) is 0.364. The molecule has 0 saturated heterocycles. The number of carbonyl (C=O) groups is 1. The molecule has 0 saturated carbocycles. The van der Waals surface area contributed by atoms with Crippen LogP contribution in [0.5, 0.6) is 5.75 Å². The average Bonchev–Trinajstić information content (AvgIpc) is 2.15. The summed E-state index contributed by atoms with van der Waals surface area (Å²) in [4.78, 5) is 10.8. The molecular weight excluding hydrogens is 278 g/mol. The van der Waals surface area contributed by atoms with Crippen LogP contribution in [0.4, 0.5) is 26.3 Å². The van der Waals surface area contributed by atoms with Crippen LogP contribution in [0.15, 0.2) is 18.2 Å². The summed E-state index contributed by atoms with van der Waals surface area (Å²) in [6, 6.07) is 2.01. The zero-order chi connectivity index (χ0) is 14.8. The average molecular weight is 286 g/mol. The summed E-state index contributed by atoms with van der Waals surface area (Å²) in [6.45, 7) is 1.16. The molecule has 106 valence electrons. The van der Waals surface area contributed by atoms with Crippen LogP contribution in [0.3, 0.4) is 0 Å². The van der Waals surface area contributed by atoms with Crippen LogP contribution in [-0.4, -0.2) is 12.1 Å². The van der Waals surface area contributed by atoms with Crippen LogP contribution >= 0.6 is 0 Å². The van der Waals surface area contributed by atoms with Crippen molar-refractivity contribution in [2.45, 2.75) is 25.9 Å². The first-order chi connectivity index (χ1) is 8.49. The van der Waals surface area contributed by atoms with Crippen LogP contribution in [0.25, 0.3) is 0 Å². The third-order valence-electron chi connectivity index (χ3n) is 2.03. The molecule has 0 atom stereocenters. The van der Waals surface area contributed by atoms with Gasteiger partial charge in [0.05, 0.1) is 5.56 Å². The highest BCUT2D eigenvalue weighted by atomic mass is 19.4. The van der Waals surface area contributed by atoms with Gasteiger partial charge in [0.15, 0.2) is 0 Å². The Kier molecular flexibility index (Phi) is 4.12. The standard InChI is InChI=1S/C11H8F6O2/c1-6(18)4-7-2-3-9(19-11(15,16)17)8(5-7)10(12,13)14/h2-3,5H,4H2,1H3.